The van der Waals surface area contributed by atoms with Gasteiger partial charge in [-0.25, -0.2) is 0 Å². The average molecular weight is 220 g/mol. The van der Waals surface area contributed by atoms with Crippen molar-refractivity contribution in [1.29, 1.82) is 0 Å². The van der Waals surface area contributed by atoms with Gasteiger partial charge in [-0.15, -0.1) is 0 Å². The van der Waals surface area contributed by atoms with Gasteiger partial charge in [0, 0.05) is 11.8 Å². The summed E-state index contributed by atoms with van der Waals surface area (Å²) in [5.41, 5.74) is 2.03. The topological polar surface area (TPSA) is 29.9 Å². The van der Waals surface area contributed by atoms with E-state index in [0.717, 1.165) is 11.3 Å². The smallest absolute Gasteiger partial charge is 0.212 e. The van der Waals surface area contributed by atoms with Gasteiger partial charge in [-0.1, -0.05) is 30.3 Å². The van der Waals surface area contributed by atoms with Crippen molar-refractivity contribution in [3.63, 3.8) is 0 Å². The number of nitrogens with one attached hydrogen (secondary N) is 1. The second-order valence-electron chi connectivity index (χ2n) is 3.06. The van der Waals surface area contributed by atoms with E-state index in [4.69, 9.17) is 17.1 Å². The summed E-state index contributed by atoms with van der Waals surface area (Å²) in [6, 6.07) is 10.0. The molecule has 0 aliphatic rings. The van der Waals surface area contributed by atoms with Crippen LogP contribution in [0, 0.1) is 4.77 Å². The third-order valence-corrected chi connectivity index (χ3v) is 2.35. The molecule has 0 atom stereocenters. The number of aromatic nitrogens is 2. The van der Waals surface area contributed by atoms with Crippen LogP contribution >= 0.6 is 12.2 Å². The van der Waals surface area contributed by atoms with Gasteiger partial charge in [0.25, 0.3) is 0 Å². The number of hydrogen-bond acceptors (Lipinski definition) is 2. The van der Waals surface area contributed by atoms with E-state index in [-0.39, 0.29) is 0 Å². The fraction of sp³-hybridized carbons (Fsp3) is 0.182. The van der Waals surface area contributed by atoms with Crippen molar-refractivity contribution < 1.29 is 4.84 Å². The first-order valence-corrected chi connectivity index (χ1v) is 5.23. The fourth-order valence-electron chi connectivity index (χ4n) is 1.42. The summed E-state index contributed by atoms with van der Waals surface area (Å²) in [7, 11) is 0. The van der Waals surface area contributed by atoms with Crippen LogP contribution in [0.4, 0.5) is 0 Å². The van der Waals surface area contributed by atoms with E-state index in [2.05, 4.69) is 4.98 Å². The van der Waals surface area contributed by atoms with Crippen molar-refractivity contribution in [2.24, 2.45) is 0 Å². The number of rotatable bonds is 3. The molecule has 2 aromatic rings. The fourth-order valence-corrected chi connectivity index (χ4v) is 1.63. The maximum absolute atomic E-state index is 5.44. The molecule has 0 saturated carbocycles. The summed E-state index contributed by atoms with van der Waals surface area (Å²) in [6.45, 7) is 2.52. The lowest BCUT2D eigenvalue weighted by Gasteiger charge is -2.07. The van der Waals surface area contributed by atoms with Crippen LogP contribution in [0.1, 0.15) is 6.92 Å². The van der Waals surface area contributed by atoms with Gasteiger partial charge in [0.05, 0.1) is 0 Å². The van der Waals surface area contributed by atoms with Crippen LogP contribution in [0.2, 0.25) is 0 Å². The lowest BCUT2D eigenvalue weighted by Crippen LogP contribution is -2.11. The maximum Gasteiger partial charge on any atom is 0.212 e. The molecular weight excluding hydrogens is 208 g/mol. The Hall–Kier alpha value is -1.55. The monoisotopic (exact) mass is 220 g/mol. The maximum atomic E-state index is 5.44. The molecule has 0 amide bonds. The third kappa shape index (κ3) is 1.94. The molecule has 1 aromatic carbocycles. The number of benzene rings is 1. The highest BCUT2D eigenvalue weighted by atomic mass is 32.1. The predicted molar refractivity (Wildman–Crippen MR) is 62.2 cm³/mol. The first-order valence-electron chi connectivity index (χ1n) is 4.82. The Kier molecular flexibility index (Phi) is 2.87. The number of hydrogen-bond donors (Lipinski definition) is 1. The van der Waals surface area contributed by atoms with Gasteiger partial charge in [-0.3, -0.25) is 0 Å². The van der Waals surface area contributed by atoms with E-state index < -0.39 is 0 Å². The van der Waals surface area contributed by atoms with Crippen LogP contribution in [-0.2, 0) is 0 Å². The van der Waals surface area contributed by atoms with Crippen LogP contribution in [0.15, 0.2) is 36.5 Å². The minimum absolute atomic E-state index is 0.579. The largest absolute Gasteiger partial charge is 0.411 e. The average Bonchev–Trinajstić information content (AvgIpc) is 2.63. The van der Waals surface area contributed by atoms with Crippen molar-refractivity contribution in [1.82, 2.24) is 9.71 Å². The molecule has 3 nitrogen and oxygen atoms in total. The van der Waals surface area contributed by atoms with Gasteiger partial charge in [0.15, 0.2) is 0 Å². The van der Waals surface area contributed by atoms with Gasteiger partial charge < -0.3 is 9.82 Å². The highest BCUT2D eigenvalue weighted by Crippen LogP contribution is 2.17. The van der Waals surface area contributed by atoms with Crippen LogP contribution in [0.3, 0.4) is 0 Å². The van der Waals surface area contributed by atoms with E-state index in [1.807, 2.05) is 43.5 Å². The van der Waals surface area contributed by atoms with Gasteiger partial charge in [-0.05, 0) is 19.1 Å². The van der Waals surface area contributed by atoms with Gasteiger partial charge >= 0.3 is 0 Å². The summed E-state index contributed by atoms with van der Waals surface area (Å²) in [5, 5.41) is 0. The summed E-state index contributed by atoms with van der Waals surface area (Å²) < 4.78 is 2.22. The van der Waals surface area contributed by atoms with Crippen LogP contribution in [0.5, 0.6) is 0 Å². The number of imidazole rings is 1. The zero-order valence-corrected chi connectivity index (χ0v) is 9.25. The summed E-state index contributed by atoms with van der Waals surface area (Å²) in [4.78, 5) is 8.42. The van der Waals surface area contributed by atoms with Gasteiger partial charge in [0.1, 0.15) is 12.3 Å². The van der Waals surface area contributed by atoms with E-state index >= 15 is 0 Å². The van der Waals surface area contributed by atoms with Crippen LogP contribution in [-0.4, -0.2) is 16.3 Å². The van der Waals surface area contributed by atoms with E-state index in [1.165, 1.54) is 0 Å². The first-order chi connectivity index (χ1) is 7.33. The van der Waals surface area contributed by atoms with E-state index in [9.17, 15) is 0 Å². The molecule has 4 heteroatoms. The number of H-pyrrole nitrogens is 1. The first kappa shape index (κ1) is 9.98. The number of aromatic amines is 1. The molecule has 15 heavy (non-hydrogen) atoms. The molecule has 0 bridgehead atoms. The molecule has 2 rings (SSSR count). The Morgan fingerprint density at radius 2 is 2.07 bits per heavy atom. The molecule has 1 heterocycles. The van der Waals surface area contributed by atoms with Gasteiger partial charge in [0.2, 0.25) is 4.77 Å². The second kappa shape index (κ2) is 4.31. The Balaban J connectivity index is 2.49. The molecule has 0 radical (unpaired) electrons. The minimum Gasteiger partial charge on any atom is -0.411 e. The van der Waals surface area contributed by atoms with Crippen molar-refractivity contribution in [2.75, 3.05) is 6.61 Å². The van der Waals surface area contributed by atoms with E-state index in [1.54, 1.807) is 4.73 Å². The van der Waals surface area contributed by atoms with Crippen LogP contribution < -0.4 is 4.84 Å². The molecule has 0 saturated heterocycles. The van der Waals surface area contributed by atoms with Crippen molar-refractivity contribution >= 4 is 12.2 Å². The molecule has 1 aromatic heterocycles. The Morgan fingerprint density at radius 3 is 2.73 bits per heavy atom. The number of nitrogens with zero attached hydrogens (tertiary/aromatic N) is 1. The molecule has 0 spiro atoms. The van der Waals surface area contributed by atoms with Crippen molar-refractivity contribution in [3.8, 4) is 11.3 Å². The zero-order valence-electron chi connectivity index (χ0n) is 8.43. The van der Waals surface area contributed by atoms with Gasteiger partial charge in [-0.2, -0.15) is 4.73 Å². The second-order valence-corrected chi connectivity index (χ2v) is 3.44. The molecule has 0 aliphatic carbocycles. The summed E-state index contributed by atoms with van der Waals surface area (Å²) in [6.07, 6.45) is 1.85. The summed E-state index contributed by atoms with van der Waals surface area (Å²) in [5.74, 6) is 0. The Bertz CT molecular complexity index is 487. The lowest BCUT2D eigenvalue weighted by molar-refractivity contribution is 0.122. The minimum atomic E-state index is 0.579. The molecule has 0 fully saturated rings. The molecule has 78 valence electrons. The standard InChI is InChI=1S/C11H12N2OS/c1-2-14-13-10(8-12-11(13)15)9-6-4-3-5-7-9/h3-8H,2H2,1H3,(H,12,15). The Labute approximate surface area is 93.3 Å². The highest BCUT2D eigenvalue weighted by Gasteiger charge is 2.05. The van der Waals surface area contributed by atoms with Crippen molar-refractivity contribution in [3.05, 3.63) is 41.3 Å². The quantitative estimate of drug-likeness (QED) is 0.806. The summed E-state index contributed by atoms with van der Waals surface area (Å²) >= 11 is 5.12. The third-order valence-electron chi connectivity index (χ3n) is 2.06. The van der Waals surface area contributed by atoms with E-state index in [0.29, 0.717) is 11.4 Å². The normalized spacial score (nSPS) is 10.2. The SMILES string of the molecule is CCOn1c(-c2ccccc2)c[nH]c1=S. The zero-order chi connectivity index (χ0) is 10.7. The van der Waals surface area contributed by atoms with Crippen molar-refractivity contribution in [2.45, 2.75) is 6.92 Å². The highest BCUT2D eigenvalue weighted by molar-refractivity contribution is 7.71. The lowest BCUT2D eigenvalue weighted by atomic mass is 10.2. The predicted octanol–water partition coefficient (Wildman–Crippen LogP) is 2.66. The molecule has 1 N–H and O–H groups in total. The van der Waals surface area contributed by atoms with Crippen LogP contribution in [0.25, 0.3) is 11.3 Å². The molecular formula is C11H12N2OS. The Morgan fingerprint density at radius 1 is 1.33 bits per heavy atom. The molecule has 0 unspecified atom stereocenters. The molecule has 0 aliphatic heterocycles.